The molecular weight excluding hydrogens is 521 g/mol. The van der Waals surface area contributed by atoms with E-state index in [1.807, 2.05) is 42.7 Å². The van der Waals surface area contributed by atoms with Crippen LogP contribution in [0.2, 0.25) is 0 Å². The van der Waals surface area contributed by atoms with Crippen LogP contribution < -0.4 is 15.6 Å². The minimum atomic E-state index is -4.28. The maximum absolute atomic E-state index is 14.1. The summed E-state index contributed by atoms with van der Waals surface area (Å²) in [5, 5.41) is 3.59. The van der Waals surface area contributed by atoms with E-state index >= 15 is 0 Å². The second-order valence-electron chi connectivity index (χ2n) is 11.4. The molecule has 7 nitrogen and oxygen atoms in total. The van der Waals surface area contributed by atoms with Crippen LogP contribution in [0.25, 0.3) is 10.9 Å². The number of nitrogens with zero attached hydrogens (tertiary/aromatic N) is 2. The Balaban J connectivity index is 1.42. The molecule has 10 heteroatoms. The van der Waals surface area contributed by atoms with Crippen molar-refractivity contribution in [3.8, 4) is 5.75 Å². The van der Waals surface area contributed by atoms with Gasteiger partial charge in [-0.05, 0) is 77.0 Å². The smallest absolute Gasteiger partial charge is 0.404 e. The number of ether oxygens (including phenoxy) is 1. The summed E-state index contributed by atoms with van der Waals surface area (Å²) in [5.41, 5.74) is 2.59. The van der Waals surface area contributed by atoms with Crippen molar-refractivity contribution in [1.29, 1.82) is 0 Å². The number of hydrogen-bond acceptors (Lipinski definition) is 4. The third kappa shape index (κ3) is 5.50. The van der Waals surface area contributed by atoms with Crippen molar-refractivity contribution < 1.29 is 22.7 Å². The zero-order valence-corrected chi connectivity index (χ0v) is 23.4. The van der Waals surface area contributed by atoms with Crippen LogP contribution in [0.5, 0.6) is 5.75 Å². The Morgan fingerprint density at radius 3 is 2.60 bits per heavy atom. The molecular formula is C30H37F3N4O3. The summed E-state index contributed by atoms with van der Waals surface area (Å²) in [4.78, 5) is 30.4. The van der Waals surface area contributed by atoms with E-state index in [-0.39, 0.29) is 36.4 Å². The van der Waals surface area contributed by atoms with E-state index < -0.39 is 12.2 Å². The van der Waals surface area contributed by atoms with Crippen molar-refractivity contribution in [1.82, 2.24) is 19.8 Å². The number of aromatic amines is 1. The van der Waals surface area contributed by atoms with Crippen molar-refractivity contribution in [2.24, 2.45) is 11.8 Å². The molecule has 2 aliphatic rings. The van der Waals surface area contributed by atoms with Crippen LogP contribution in [0, 0.1) is 25.7 Å². The zero-order valence-electron chi connectivity index (χ0n) is 23.4. The van der Waals surface area contributed by atoms with E-state index in [1.54, 1.807) is 17.9 Å². The Morgan fingerprint density at radius 2 is 1.93 bits per heavy atom. The minimum absolute atomic E-state index is 0.0289. The predicted octanol–water partition coefficient (Wildman–Crippen LogP) is 5.50. The molecule has 1 saturated heterocycles. The number of halogens is 3. The summed E-state index contributed by atoms with van der Waals surface area (Å²) in [6, 6.07) is 7.51. The van der Waals surface area contributed by atoms with Gasteiger partial charge in [0.25, 0.3) is 11.5 Å². The van der Waals surface area contributed by atoms with Gasteiger partial charge in [0.15, 0.2) is 0 Å². The highest BCUT2D eigenvalue weighted by molar-refractivity contribution is 6.08. The number of H-pyrrole nitrogens is 1. The Bertz CT molecular complexity index is 1460. The van der Waals surface area contributed by atoms with E-state index in [4.69, 9.17) is 4.74 Å². The first kappa shape index (κ1) is 28.3. The molecule has 2 fully saturated rings. The number of likely N-dealkylation sites (tertiary alicyclic amines) is 1. The lowest BCUT2D eigenvalue weighted by Crippen LogP contribution is -2.52. The number of benzene rings is 1. The van der Waals surface area contributed by atoms with E-state index in [1.165, 1.54) is 7.11 Å². The molecule has 0 bridgehead atoms. The second-order valence-corrected chi connectivity index (χ2v) is 11.4. The van der Waals surface area contributed by atoms with Crippen LogP contribution in [0.15, 0.2) is 35.1 Å². The summed E-state index contributed by atoms with van der Waals surface area (Å²) in [5.74, 6) is 0.240. The van der Waals surface area contributed by atoms with Crippen molar-refractivity contribution in [2.45, 2.75) is 71.3 Å². The topological polar surface area (TPSA) is 79.4 Å². The predicted molar refractivity (Wildman–Crippen MR) is 148 cm³/mol. The second kappa shape index (κ2) is 11.0. The van der Waals surface area contributed by atoms with Gasteiger partial charge in [0.2, 0.25) is 0 Å². The molecule has 0 radical (unpaired) electrons. The molecule has 3 heterocycles. The fourth-order valence-electron chi connectivity index (χ4n) is 6.38. The summed E-state index contributed by atoms with van der Waals surface area (Å²) in [7, 11) is 1.47. The number of methoxy groups -OCH3 is 1. The molecule has 1 aliphatic carbocycles. The van der Waals surface area contributed by atoms with Gasteiger partial charge in [-0.15, -0.1) is 0 Å². The molecule has 2 N–H and O–H groups in total. The Morgan fingerprint density at radius 1 is 1.20 bits per heavy atom. The fraction of sp³-hybridized carbons (Fsp3) is 0.533. The number of para-hydroxylation sites is 1. The molecule has 3 atom stereocenters. The Labute approximate surface area is 231 Å². The third-order valence-electron chi connectivity index (χ3n) is 8.67. The molecule has 3 aromatic rings. The van der Waals surface area contributed by atoms with Crippen LogP contribution in [0.3, 0.4) is 0 Å². The van der Waals surface area contributed by atoms with Crippen LogP contribution in [0.1, 0.15) is 66.0 Å². The molecule has 40 heavy (non-hydrogen) atoms. The summed E-state index contributed by atoms with van der Waals surface area (Å²) >= 11 is 0. The largest absolute Gasteiger partial charge is 0.496 e. The van der Waals surface area contributed by atoms with Crippen LogP contribution in [0.4, 0.5) is 13.2 Å². The van der Waals surface area contributed by atoms with Gasteiger partial charge in [-0.25, -0.2) is 0 Å². The van der Waals surface area contributed by atoms with E-state index in [0.717, 1.165) is 23.7 Å². The lowest BCUT2D eigenvalue weighted by molar-refractivity contribution is -0.197. The number of rotatable bonds is 8. The van der Waals surface area contributed by atoms with E-state index in [2.05, 4.69) is 10.3 Å². The van der Waals surface area contributed by atoms with Gasteiger partial charge in [0.05, 0.1) is 24.8 Å². The monoisotopic (exact) mass is 558 g/mol. The highest BCUT2D eigenvalue weighted by Crippen LogP contribution is 2.42. The number of aryl methyl sites for hydroxylation is 1. The van der Waals surface area contributed by atoms with Gasteiger partial charge >= 0.3 is 6.18 Å². The van der Waals surface area contributed by atoms with Gasteiger partial charge < -0.3 is 19.6 Å². The first-order valence-corrected chi connectivity index (χ1v) is 13.9. The van der Waals surface area contributed by atoms with E-state index in [0.29, 0.717) is 53.7 Å². The van der Waals surface area contributed by atoms with Gasteiger partial charge in [-0.3, -0.25) is 14.5 Å². The average Bonchev–Trinajstić information content (AvgIpc) is 3.67. The Kier molecular flexibility index (Phi) is 7.74. The number of fused-ring (bicyclic) bond motifs is 1. The lowest BCUT2D eigenvalue weighted by Gasteiger charge is -2.42. The Hall–Kier alpha value is -3.27. The molecule has 5 rings (SSSR count). The van der Waals surface area contributed by atoms with Gasteiger partial charge in [0.1, 0.15) is 11.8 Å². The number of alkyl halides is 3. The fourth-order valence-corrected chi connectivity index (χ4v) is 6.38. The van der Waals surface area contributed by atoms with Crippen LogP contribution >= 0.6 is 0 Å². The number of amides is 1. The number of carbonyl (C=O) groups is 1. The van der Waals surface area contributed by atoms with Crippen LogP contribution in [-0.4, -0.2) is 52.8 Å². The molecule has 1 saturated carbocycles. The molecule has 2 aromatic heterocycles. The summed E-state index contributed by atoms with van der Waals surface area (Å²) in [6.07, 6.45) is -1.53. The number of piperidine rings is 1. The van der Waals surface area contributed by atoms with Gasteiger partial charge in [-0.2, -0.15) is 13.2 Å². The quantitative estimate of drug-likeness (QED) is 0.383. The van der Waals surface area contributed by atoms with Crippen molar-refractivity contribution in [3.63, 3.8) is 0 Å². The van der Waals surface area contributed by atoms with Crippen molar-refractivity contribution in [3.05, 3.63) is 63.2 Å². The average molecular weight is 559 g/mol. The number of aromatic nitrogens is 2. The maximum Gasteiger partial charge on any atom is 0.404 e. The van der Waals surface area contributed by atoms with Gasteiger partial charge in [-0.1, -0.05) is 18.2 Å². The zero-order chi connectivity index (χ0) is 28.8. The molecule has 0 spiro atoms. The third-order valence-corrected chi connectivity index (χ3v) is 8.67. The highest BCUT2D eigenvalue weighted by Gasteiger charge is 2.48. The normalized spacial score (nSPS) is 21.0. The maximum atomic E-state index is 14.1. The molecule has 216 valence electrons. The molecule has 3 unspecified atom stereocenters. The SMILES string of the molecule is COc1cc(C)[nH]c(=O)c1CNC(=O)c1c(C)n(C(C)C2CCN(CC3CC3)C(C(F)(F)F)C2)c2ccccc12. The van der Waals surface area contributed by atoms with Crippen molar-refractivity contribution in [2.75, 3.05) is 20.2 Å². The number of pyridine rings is 1. The molecule has 1 amide bonds. The number of hydrogen-bond donors (Lipinski definition) is 2. The van der Waals surface area contributed by atoms with Crippen LogP contribution in [-0.2, 0) is 6.54 Å². The first-order valence-electron chi connectivity index (χ1n) is 13.9. The highest BCUT2D eigenvalue weighted by atomic mass is 19.4. The number of nitrogens with one attached hydrogen (secondary N) is 2. The molecule has 1 aliphatic heterocycles. The van der Waals surface area contributed by atoms with Gasteiger partial charge in [0, 0.05) is 34.9 Å². The standard InChI is InChI=1S/C30H37F3N4O3/c1-17-13-25(40-4)23(28(38)35-17)15-34-29(39)27-19(3)37(24-8-6-5-7-22(24)27)18(2)21-11-12-36(16-20-9-10-20)26(14-21)30(31,32)33/h5-8,13,18,20-21,26H,9-12,14-16H2,1-4H3,(H,34,39)(H,35,38). The first-order chi connectivity index (χ1) is 19.0. The minimum Gasteiger partial charge on any atom is -0.496 e. The number of carbonyl (C=O) groups excluding carboxylic acids is 1. The summed E-state index contributed by atoms with van der Waals surface area (Å²) < 4.78 is 49.8. The molecule has 1 aromatic carbocycles. The summed E-state index contributed by atoms with van der Waals surface area (Å²) in [6.45, 7) is 6.48. The van der Waals surface area contributed by atoms with Crippen molar-refractivity contribution >= 4 is 16.8 Å². The van der Waals surface area contributed by atoms with E-state index in [9.17, 15) is 22.8 Å². The lowest BCUT2D eigenvalue weighted by atomic mass is 9.85.